The van der Waals surface area contributed by atoms with Crippen molar-refractivity contribution in [3.8, 4) is 5.75 Å². The summed E-state index contributed by atoms with van der Waals surface area (Å²) in [4.78, 5) is 22.8. The fourth-order valence-corrected chi connectivity index (χ4v) is 2.63. The molecule has 5 nitrogen and oxygen atoms in total. The highest BCUT2D eigenvalue weighted by Gasteiger charge is 2.10. The minimum absolute atomic E-state index is 0.143. The molecule has 0 spiro atoms. The molecule has 0 aliphatic heterocycles. The van der Waals surface area contributed by atoms with Crippen molar-refractivity contribution in [2.45, 2.75) is 13.8 Å². The van der Waals surface area contributed by atoms with Gasteiger partial charge in [0.2, 0.25) is 0 Å². The number of hydrogen-bond donors (Lipinski definition) is 2. The van der Waals surface area contributed by atoms with Crippen molar-refractivity contribution in [2.24, 2.45) is 0 Å². The third-order valence-electron chi connectivity index (χ3n) is 3.04. The Balaban J connectivity index is 1.98. The van der Waals surface area contributed by atoms with E-state index in [4.69, 9.17) is 9.84 Å². The van der Waals surface area contributed by atoms with Crippen LogP contribution in [0.1, 0.15) is 21.5 Å². The predicted molar refractivity (Wildman–Crippen MR) is 91.1 cm³/mol. The van der Waals surface area contributed by atoms with Crippen LogP contribution in [0.25, 0.3) is 0 Å². The third kappa shape index (κ3) is 4.82. The molecule has 0 heterocycles. The van der Waals surface area contributed by atoms with Gasteiger partial charge in [-0.3, -0.25) is 4.79 Å². The van der Waals surface area contributed by atoms with E-state index in [-0.39, 0.29) is 18.1 Å². The number of carbonyl (C=O) groups excluding carboxylic acids is 1. The van der Waals surface area contributed by atoms with Gasteiger partial charge in [-0.1, -0.05) is 6.07 Å². The van der Waals surface area contributed by atoms with Crippen LogP contribution in [0.2, 0.25) is 0 Å². The average molecular weight is 378 g/mol. The zero-order valence-corrected chi connectivity index (χ0v) is 14.3. The van der Waals surface area contributed by atoms with Gasteiger partial charge in [0, 0.05) is 5.69 Å². The molecular weight excluding hydrogens is 362 g/mol. The Hall–Kier alpha value is -2.34. The Morgan fingerprint density at radius 2 is 1.78 bits per heavy atom. The number of amides is 1. The summed E-state index contributed by atoms with van der Waals surface area (Å²) >= 11 is 3.23. The Kier molecular flexibility index (Phi) is 5.39. The molecule has 1 amide bonds. The van der Waals surface area contributed by atoms with Gasteiger partial charge in [0.05, 0.1) is 10.0 Å². The van der Waals surface area contributed by atoms with Crippen molar-refractivity contribution >= 4 is 33.5 Å². The van der Waals surface area contributed by atoms with Crippen LogP contribution in [0.4, 0.5) is 5.69 Å². The van der Waals surface area contributed by atoms with E-state index in [1.165, 1.54) is 18.2 Å². The highest BCUT2D eigenvalue weighted by Crippen LogP contribution is 2.26. The van der Waals surface area contributed by atoms with Gasteiger partial charge >= 0.3 is 5.97 Å². The molecule has 0 aromatic heterocycles. The SMILES string of the molecule is Cc1cc(C)cc(NC(=O)COc2ccc(C(=O)O)cc2Br)c1. The number of ether oxygens (including phenoxy) is 1. The topological polar surface area (TPSA) is 75.6 Å². The van der Waals surface area contributed by atoms with Gasteiger partial charge in [0.15, 0.2) is 6.61 Å². The number of aromatic carboxylic acids is 1. The summed E-state index contributed by atoms with van der Waals surface area (Å²) in [6.07, 6.45) is 0. The number of aryl methyl sites for hydroxylation is 2. The smallest absolute Gasteiger partial charge is 0.335 e. The molecule has 23 heavy (non-hydrogen) atoms. The number of carboxylic acids is 1. The van der Waals surface area contributed by atoms with Gasteiger partial charge in [-0.15, -0.1) is 0 Å². The second-order valence-electron chi connectivity index (χ2n) is 5.16. The monoisotopic (exact) mass is 377 g/mol. The predicted octanol–water partition coefficient (Wildman–Crippen LogP) is 3.78. The summed E-state index contributed by atoms with van der Waals surface area (Å²) in [5.74, 6) is -0.903. The highest BCUT2D eigenvalue weighted by atomic mass is 79.9. The van der Waals surface area contributed by atoms with Crippen LogP contribution in [-0.4, -0.2) is 23.6 Å². The number of anilines is 1. The van der Waals surface area contributed by atoms with Gasteiger partial charge in [-0.25, -0.2) is 4.79 Å². The van der Waals surface area contributed by atoms with Crippen LogP contribution in [0.15, 0.2) is 40.9 Å². The second kappa shape index (κ2) is 7.28. The number of carboxylic acid groups (broad SMARTS) is 1. The maximum Gasteiger partial charge on any atom is 0.335 e. The normalized spacial score (nSPS) is 10.2. The van der Waals surface area contributed by atoms with E-state index in [2.05, 4.69) is 21.2 Å². The van der Waals surface area contributed by atoms with Crippen LogP contribution in [-0.2, 0) is 4.79 Å². The maximum atomic E-state index is 11.9. The van der Waals surface area contributed by atoms with E-state index in [1.54, 1.807) is 0 Å². The van der Waals surface area contributed by atoms with Crippen molar-refractivity contribution < 1.29 is 19.4 Å². The van der Waals surface area contributed by atoms with E-state index >= 15 is 0 Å². The number of benzene rings is 2. The number of carbonyl (C=O) groups is 2. The fraction of sp³-hybridized carbons (Fsp3) is 0.176. The van der Waals surface area contributed by atoms with Gasteiger partial charge in [-0.2, -0.15) is 0 Å². The molecule has 0 radical (unpaired) electrons. The zero-order chi connectivity index (χ0) is 17.0. The highest BCUT2D eigenvalue weighted by molar-refractivity contribution is 9.10. The first-order valence-electron chi connectivity index (χ1n) is 6.89. The molecule has 0 bridgehead atoms. The van der Waals surface area contributed by atoms with Crippen LogP contribution in [0, 0.1) is 13.8 Å². The van der Waals surface area contributed by atoms with Gasteiger partial charge < -0.3 is 15.2 Å². The molecule has 0 aliphatic rings. The van der Waals surface area contributed by atoms with E-state index in [0.29, 0.717) is 10.2 Å². The molecule has 0 aliphatic carbocycles. The Bertz CT molecular complexity index is 738. The van der Waals surface area contributed by atoms with E-state index < -0.39 is 5.97 Å². The molecule has 0 atom stereocenters. The molecule has 0 saturated carbocycles. The summed E-state index contributed by atoms with van der Waals surface area (Å²) in [6.45, 7) is 3.75. The lowest BCUT2D eigenvalue weighted by molar-refractivity contribution is -0.118. The lowest BCUT2D eigenvalue weighted by Gasteiger charge is -2.10. The van der Waals surface area contributed by atoms with Gasteiger partial charge in [0.1, 0.15) is 5.75 Å². The summed E-state index contributed by atoms with van der Waals surface area (Å²) in [7, 11) is 0. The maximum absolute atomic E-state index is 11.9. The molecule has 2 aromatic rings. The van der Waals surface area contributed by atoms with Gasteiger partial charge in [0.25, 0.3) is 5.91 Å². The number of rotatable bonds is 5. The fourth-order valence-electron chi connectivity index (χ4n) is 2.14. The largest absolute Gasteiger partial charge is 0.483 e. The number of halogens is 1. The lowest BCUT2D eigenvalue weighted by atomic mass is 10.1. The first-order chi connectivity index (χ1) is 10.8. The van der Waals surface area contributed by atoms with Crippen molar-refractivity contribution in [1.82, 2.24) is 0 Å². The van der Waals surface area contributed by atoms with Crippen LogP contribution in [0.3, 0.4) is 0 Å². The zero-order valence-electron chi connectivity index (χ0n) is 12.7. The molecular formula is C17H16BrNO4. The molecule has 2 rings (SSSR count). The molecule has 0 fully saturated rings. The molecule has 2 aromatic carbocycles. The molecule has 2 N–H and O–H groups in total. The Morgan fingerprint density at radius 3 is 2.35 bits per heavy atom. The number of hydrogen-bond acceptors (Lipinski definition) is 3. The van der Waals surface area contributed by atoms with Crippen molar-refractivity contribution in [3.63, 3.8) is 0 Å². The molecule has 0 saturated heterocycles. The second-order valence-corrected chi connectivity index (χ2v) is 6.02. The Morgan fingerprint density at radius 1 is 1.13 bits per heavy atom. The number of nitrogens with one attached hydrogen (secondary N) is 1. The quantitative estimate of drug-likeness (QED) is 0.830. The van der Waals surface area contributed by atoms with Crippen LogP contribution >= 0.6 is 15.9 Å². The minimum Gasteiger partial charge on any atom is -0.483 e. The van der Waals surface area contributed by atoms with Crippen molar-refractivity contribution in [2.75, 3.05) is 11.9 Å². The first-order valence-corrected chi connectivity index (χ1v) is 7.68. The average Bonchev–Trinajstić information content (AvgIpc) is 2.44. The van der Waals surface area contributed by atoms with Crippen molar-refractivity contribution in [1.29, 1.82) is 0 Å². The summed E-state index contributed by atoms with van der Waals surface area (Å²) < 4.78 is 5.90. The lowest BCUT2D eigenvalue weighted by Crippen LogP contribution is -2.20. The molecule has 0 unspecified atom stereocenters. The first kappa shape index (κ1) is 17.0. The Labute approximate surface area is 142 Å². The van der Waals surface area contributed by atoms with Crippen LogP contribution < -0.4 is 10.1 Å². The third-order valence-corrected chi connectivity index (χ3v) is 3.66. The van der Waals surface area contributed by atoms with Crippen LogP contribution in [0.5, 0.6) is 5.75 Å². The minimum atomic E-state index is -1.02. The summed E-state index contributed by atoms with van der Waals surface area (Å²) in [5, 5.41) is 11.7. The molecule has 120 valence electrons. The van der Waals surface area contributed by atoms with E-state index in [1.807, 2.05) is 32.0 Å². The standard InChI is InChI=1S/C17H16BrNO4/c1-10-5-11(2)7-13(6-10)19-16(20)9-23-15-4-3-12(17(21)22)8-14(15)18/h3-8H,9H2,1-2H3,(H,19,20)(H,21,22). The molecule has 6 heteroatoms. The van der Waals surface area contributed by atoms with Crippen molar-refractivity contribution in [3.05, 3.63) is 57.6 Å². The summed E-state index contributed by atoms with van der Waals surface area (Å²) in [5.41, 5.74) is 2.99. The summed E-state index contributed by atoms with van der Waals surface area (Å²) in [6, 6.07) is 10.1. The van der Waals surface area contributed by atoms with E-state index in [9.17, 15) is 9.59 Å². The van der Waals surface area contributed by atoms with Gasteiger partial charge in [-0.05, 0) is 71.2 Å². The van der Waals surface area contributed by atoms with E-state index in [0.717, 1.165) is 16.8 Å².